The van der Waals surface area contributed by atoms with Gasteiger partial charge in [0.15, 0.2) is 0 Å². The van der Waals surface area contributed by atoms with Crippen LogP contribution in [0.3, 0.4) is 0 Å². The number of nitrogens with zero attached hydrogens (tertiary/aromatic N) is 3. The molecule has 7 heteroatoms. The minimum absolute atomic E-state index is 0.156. The summed E-state index contributed by atoms with van der Waals surface area (Å²) >= 11 is 0. The maximum atomic E-state index is 11.8. The number of carbonyl (C=O) groups excluding carboxylic acids is 1. The fourth-order valence-corrected chi connectivity index (χ4v) is 1.75. The Morgan fingerprint density at radius 3 is 2.47 bits per heavy atom. The third-order valence-corrected chi connectivity index (χ3v) is 2.83. The minimum Gasteiger partial charge on any atom is -0.370 e. The van der Waals surface area contributed by atoms with Crippen molar-refractivity contribution < 1.29 is 4.79 Å². The number of rotatable bonds is 4. The van der Waals surface area contributed by atoms with Crippen LogP contribution in [-0.4, -0.2) is 21.3 Å². The molecule has 0 saturated heterocycles. The second-order valence-corrected chi connectivity index (χ2v) is 4.58. The van der Waals surface area contributed by atoms with Crippen molar-refractivity contribution in [2.24, 2.45) is 30.7 Å². The van der Waals surface area contributed by atoms with E-state index in [-0.39, 0.29) is 17.9 Å². The topological polar surface area (TPSA) is 99.4 Å². The summed E-state index contributed by atoms with van der Waals surface area (Å²) in [5, 5.41) is 0. The van der Waals surface area contributed by atoms with E-state index in [0.29, 0.717) is 11.4 Å². The summed E-state index contributed by atoms with van der Waals surface area (Å²) in [6, 6.07) is 0. The highest BCUT2D eigenvalue weighted by molar-refractivity contribution is 5.78. The van der Waals surface area contributed by atoms with Crippen LogP contribution in [0, 0.1) is 12.8 Å². The summed E-state index contributed by atoms with van der Waals surface area (Å²) in [5.41, 5.74) is 4.65. The molecule has 1 unspecified atom stereocenters. The van der Waals surface area contributed by atoms with Crippen LogP contribution in [0.15, 0.2) is 14.6 Å². The molecule has 0 aliphatic carbocycles. The molecule has 104 valence electrons. The monoisotopic (exact) mass is 266 g/mol. The molecular formula is C12H18N4O3. The molecule has 0 fully saturated rings. The predicted molar refractivity (Wildman–Crippen MR) is 72.8 cm³/mol. The summed E-state index contributed by atoms with van der Waals surface area (Å²) in [5.74, 6) is -0.283. The van der Waals surface area contributed by atoms with E-state index < -0.39 is 11.6 Å². The maximum absolute atomic E-state index is 11.8. The number of hydrogen-bond donors (Lipinski definition) is 1. The Balaban J connectivity index is 3.23. The molecule has 0 aromatic carbocycles. The second kappa shape index (κ2) is 5.64. The zero-order chi connectivity index (χ0) is 14.7. The molecule has 0 bridgehead atoms. The molecule has 0 radical (unpaired) electrons. The summed E-state index contributed by atoms with van der Waals surface area (Å²) in [6.07, 6.45) is 1.69. The van der Waals surface area contributed by atoms with Crippen LogP contribution in [0.4, 0.5) is 5.82 Å². The van der Waals surface area contributed by atoms with Gasteiger partial charge in [-0.25, -0.2) is 9.79 Å². The standard InChI is InChI=1S/C12H18N4O3/c1-7(5-9(13)17)6-14-10-8(2)11(18)16(4)12(19)15(10)3/h6-7H,5H2,1-4H3,(H2,13,17). The summed E-state index contributed by atoms with van der Waals surface area (Å²) < 4.78 is 2.32. The number of primary amides is 1. The minimum atomic E-state index is -0.440. The van der Waals surface area contributed by atoms with Crippen LogP contribution in [0.2, 0.25) is 0 Å². The molecule has 0 aliphatic heterocycles. The first-order valence-corrected chi connectivity index (χ1v) is 5.84. The average Bonchev–Trinajstić information content (AvgIpc) is 2.33. The van der Waals surface area contributed by atoms with Crippen molar-refractivity contribution in [1.82, 2.24) is 9.13 Å². The van der Waals surface area contributed by atoms with Gasteiger partial charge < -0.3 is 5.73 Å². The van der Waals surface area contributed by atoms with Crippen molar-refractivity contribution in [2.75, 3.05) is 0 Å². The quantitative estimate of drug-likeness (QED) is 0.751. The van der Waals surface area contributed by atoms with E-state index in [1.165, 1.54) is 17.8 Å². The molecule has 1 heterocycles. The lowest BCUT2D eigenvalue weighted by atomic mass is 10.1. The highest BCUT2D eigenvalue weighted by atomic mass is 16.2. The Labute approximate surface area is 110 Å². The van der Waals surface area contributed by atoms with E-state index in [2.05, 4.69) is 4.99 Å². The first-order valence-electron chi connectivity index (χ1n) is 5.84. The van der Waals surface area contributed by atoms with Crippen LogP contribution in [0.5, 0.6) is 0 Å². The molecule has 2 N–H and O–H groups in total. The molecular weight excluding hydrogens is 248 g/mol. The van der Waals surface area contributed by atoms with Crippen molar-refractivity contribution >= 4 is 17.9 Å². The van der Waals surface area contributed by atoms with Gasteiger partial charge in [0.1, 0.15) is 5.82 Å². The van der Waals surface area contributed by atoms with Gasteiger partial charge >= 0.3 is 5.69 Å². The molecule has 0 saturated carbocycles. The first-order chi connectivity index (χ1) is 8.75. The summed E-state index contributed by atoms with van der Waals surface area (Å²) in [6.45, 7) is 3.38. The second-order valence-electron chi connectivity index (χ2n) is 4.58. The van der Waals surface area contributed by atoms with Crippen LogP contribution in [0.1, 0.15) is 18.9 Å². The molecule has 1 aromatic rings. The van der Waals surface area contributed by atoms with Gasteiger partial charge in [0, 0.05) is 32.6 Å². The van der Waals surface area contributed by atoms with Crippen LogP contribution >= 0.6 is 0 Å². The number of nitrogens with two attached hydrogens (primary N) is 1. The van der Waals surface area contributed by atoms with Crippen LogP contribution < -0.4 is 17.0 Å². The Bertz CT molecular complexity index is 602. The van der Waals surface area contributed by atoms with Gasteiger partial charge in [0.05, 0.1) is 5.56 Å². The van der Waals surface area contributed by atoms with Crippen LogP contribution in [0.25, 0.3) is 0 Å². The highest BCUT2D eigenvalue weighted by Gasteiger charge is 2.11. The van der Waals surface area contributed by atoms with Gasteiger partial charge in [-0.2, -0.15) is 0 Å². The Hall–Kier alpha value is -2.18. The van der Waals surface area contributed by atoms with E-state index >= 15 is 0 Å². The molecule has 19 heavy (non-hydrogen) atoms. The predicted octanol–water partition coefficient (Wildman–Crippen LogP) is -0.394. The van der Waals surface area contributed by atoms with Gasteiger partial charge in [-0.1, -0.05) is 6.92 Å². The number of hydrogen-bond acceptors (Lipinski definition) is 4. The number of carbonyl (C=O) groups is 1. The molecule has 7 nitrogen and oxygen atoms in total. The Morgan fingerprint density at radius 2 is 1.95 bits per heavy atom. The smallest absolute Gasteiger partial charge is 0.332 e. The molecule has 1 aromatic heterocycles. The summed E-state index contributed by atoms with van der Waals surface area (Å²) in [7, 11) is 2.96. The van der Waals surface area contributed by atoms with Gasteiger partial charge in [-0.05, 0) is 6.92 Å². The highest BCUT2D eigenvalue weighted by Crippen LogP contribution is 2.11. The number of amides is 1. The molecule has 0 spiro atoms. The fraction of sp³-hybridized carbons (Fsp3) is 0.500. The first kappa shape index (κ1) is 14.9. The third-order valence-electron chi connectivity index (χ3n) is 2.83. The fourth-order valence-electron chi connectivity index (χ4n) is 1.75. The van der Waals surface area contributed by atoms with E-state index in [9.17, 15) is 14.4 Å². The molecule has 1 rings (SSSR count). The zero-order valence-electron chi connectivity index (χ0n) is 11.5. The lowest BCUT2D eigenvalue weighted by molar-refractivity contribution is -0.118. The van der Waals surface area contributed by atoms with Gasteiger partial charge in [-0.15, -0.1) is 0 Å². The van der Waals surface area contributed by atoms with Gasteiger partial charge in [0.25, 0.3) is 5.56 Å². The molecule has 0 aliphatic rings. The third kappa shape index (κ3) is 3.18. The molecule has 1 amide bonds. The van der Waals surface area contributed by atoms with Crippen molar-refractivity contribution in [1.29, 1.82) is 0 Å². The number of aromatic nitrogens is 2. The van der Waals surface area contributed by atoms with Crippen molar-refractivity contribution in [3.05, 3.63) is 26.4 Å². The average molecular weight is 266 g/mol. The Morgan fingerprint density at radius 1 is 1.37 bits per heavy atom. The van der Waals surface area contributed by atoms with E-state index in [4.69, 9.17) is 5.73 Å². The van der Waals surface area contributed by atoms with Gasteiger partial charge in [0.2, 0.25) is 5.91 Å². The van der Waals surface area contributed by atoms with Crippen molar-refractivity contribution in [3.8, 4) is 0 Å². The SMILES string of the molecule is Cc1c(N=CC(C)CC(N)=O)n(C)c(=O)n(C)c1=O. The van der Waals surface area contributed by atoms with E-state index in [1.807, 2.05) is 0 Å². The summed E-state index contributed by atoms with van der Waals surface area (Å²) in [4.78, 5) is 38.4. The normalized spacial score (nSPS) is 12.8. The van der Waals surface area contributed by atoms with E-state index in [1.54, 1.807) is 20.9 Å². The van der Waals surface area contributed by atoms with Gasteiger partial charge in [-0.3, -0.25) is 18.7 Å². The lowest BCUT2D eigenvalue weighted by Gasteiger charge is -2.09. The largest absolute Gasteiger partial charge is 0.370 e. The van der Waals surface area contributed by atoms with E-state index in [0.717, 1.165) is 4.57 Å². The number of aliphatic imine (C=N–C) groups is 1. The van der Waals surface area contributed by atoms with Crippen molar-refractivity contribution in [2.45, 2.75) is 20.3 Å². The maximum Gasteiger partial charge on any atom is 0.332 e. The van der Waals surface area contributed by atoms with Crippen LogP contribution in [-0.2, 0) is 18.9 Å². The molecule has 1 atom stereocenters. The zero-order valence-corrected chi connectivity index (χ0v) is 11.5. The Kier molecular flexibility index (Phi) is 4.42. The lowest BCUT2D eigenvalue weighted by Crippen LogP contribution is -2.38. The van der Waals surface area contributed by atoms with Crippen molar-refractivity contribution in [3.63, 3.8) is 0 Å².